The van der Waals surface area contributed by atoms with Crippen molar-refractivity contribution in [1.29, 1.82) is 0 Å². The van der Waals surface area contributed by atoms with Crippen LogP contribution in [0.3, 0.4) is 0 Å². The van der Waals surface area contributed by atoms with Gasteiger partial charge in [0.25, 0.3) is 0 Å². The van der Waals surface area contributed by atoms with Gasteiger partial charge < -0.3 is 4.74 Å². The fraction of sp³-hybridized carbons (Fsp3) is 0.375. The molecule has 0 aliphatic rings. The predicted molar refractivity (Wildman–Crippen MR) is 78.0 cm³/mol. The quantitative estimate of drug-likeness (QED) is 0.729. The minimum absolute atomic E-state index is 0.203. The highest BCUT2D eigenvalue weighted by Crippen LogP contribution is 2.20. The van der Waals surface area contributed by atoms with Crippen LogP contribution in [0.1, 0.15) is 48.8 Å². The summed E-state index contributed by atoms with van der Waals surface area (Å²) in [6.45, 7) is 4.50. The van der Waals surface area contributed by atoms with E-state index in [1.54, 1.807) is 0 Å². The van der Waals surface area contributed by atoms with Crippen molar-refractivity contribution in [1.82, 2.24) is 9.78 Å². The molecule has 2 rings (SSSR count). The Morgan fingerprint density at radius 3 is 2.76 bits per heavy atom. The van der Waals surface area contributed by atoms with E-state index in [0.717, 1.165) is 24.6 Å². The van der Waals surface area contributed by atoms with E-state index in [0.29, 0.717) is 18.1 Å². The van der Waals surface area contributed by atoms with Crippen LogP contribution < -0.4 is 4.74 Å². The minimum atomic E-state index is -0.456. The molecule has 1 aromatic carbocycles. The first kappa shape index (κ1) is 15.2. The van der Waals surface area contributed by atoms with Crippen LogP contribution in [-0.4, -0.2) is 16.1 Å². The number of hydrogen-bond donors (Lipinski definition) is 0. The van der Waals surface area contributed by atoms with E-state index in [-0.39, 0.29) is 12.2 Å². The SMILES string of the molecule is CCC(CC)n1ccc(COc2ccc(F)cc2C=O)n1. The summed E-state index contributed by atoms with van der Waals surface area (Å²) in [6, 6.07) is 6.16. The molecule has 0 bridgehead atoms. The summed E-state index contributed by atoms with van der Waals surface area (Å²) >= 11 is 0. The van der Waals surface area contributed by atoms with E-state index in [1.807, 2.05) is 16.9 Å². The van der Waals surface area contributed by atoms with Crippen LogP contribution in [0.5, 0.6) is 5.75 Å². The summed E-state index contributed by atoms with van der Waals surface area (Å²) < 4.78 is 20.5. The Bertz CT molecular complexity index is 606. The highest BCUT2D eigenvalue weighted by molar-refractivity contribution is 5.79. The molecule has 0 saturated carbocycles. The molecule has 0 amide bonds. The van der Waals surface area contributed by atoms with Crippen LogP contribution in [0.15, 0.2) is 30.5 Å². The Labute approximate surface area is 123 Å². The molecular weight excluding hydrogens is 271 g/mol. The van der Waals surface area contributed by atoms with Crippen molar-refractivity contribution in [2.75, 3.05) is 0 Å². The van der Waals surface area contributed by atoms with Crippen LogP contribution in [0, 0.1) is 5.82 Å². The second kappa shape index (κ2) is 7.02. The molecular formula is C16H19FN2O2. The molecule has 0 radical (unpaired) electrons. The van der Waals surface area contributed by atoms with Gasteiger partial charge in [-0.05, 0) is 37.1 Å². The highest BCUT2D eigenvalue weighted by atomic mass is 19.1. The van der Waals surface area contributed by atoms with Crippen molar-refractivity contribution in [3.05, 3.63) is 47.5 Å². The number of rotatable bonds is 7. The Morgan fingerprint density at radius 1 is 1.33 bits per heavy atom. The van der Waals surface area contributed by atoms with Crippen LogP contribution in [0.25, 0.3) is 0 Å². The van der Waals surface area contributed by atoms with Gasteiger partial charge >= 0.3 is 0 Å². The number of carbonyl (C=O) groups is 1. The van der Waals surface area contributed by atoms with Gasteiger partial charge in [0.2, 0.25) is 0 Å². The van der Waals surface area contributed by atoms with Crippen molar-refractivity contribution in [2.24, 2.45) is 0 Å². The van der Waals surface area contributed by atoms with E-state index in [9.17, 15) is 9.18 Å². The number of nitrogens with zero attached hydrogens (tertiary/aromatic N) is 2. The van der Waals surface area contributed by atoms with Crippen LogP contribution in [-0.2, 0) is 6.61 Å². The maximum atomic E-state index is 13.0. The van der Waals surface area contributed by atoms with Crippen molar-refractivity contribution >= 4 is 6.29 Å². The molecule has 1 heterocycles. The largest absolute Gasteiger partial charge is 0.486 e. The summed E-state index contributed by atoms with van der Waals surface area (Å²) in [5, 5.41) is 4.47. The van der Waals surface area contributed by atoms with Gasteiger partial charge in [-0.1, -0.05) is 13.8 Å². The lowest BCUT2D eigenvalue weighted by Crippen LogP contribution is -2.08. The number of halogens is 1. The summed E-state index contributed by atoms with van der Waals surface area (Å²) in [4.78, 5) is 10.9. The number of aldehydes is 1. The number of benzene rings is 1. The first-order chi connectivity index (χ1) is 10.2. The molecule has 0 unspecified atom stereocenters. The highest BCUT2D eigenvalue weighted by Gasteiger charge is 2.09. The van der Waals surface area contributed by atoms with Crippen LogP contribution >= 0.6 is 0 Å². The summed E-state index contributed by atoms with van der Waals surface area (Å²) in [5.74, 6) is -0.0917. The Kier molecular flexibility index (Phi) is 5.09. The summed E-state index contributed by atoms with van der Waals surface area (Å²) in [6.07, 6.45) is 4.56. The average molecular weight is 290 g/mol. The molecule has 112 valence electrons. The lowest BCUT2D eigenvalue weighted by atomic mass is 10.2. The molecule has 4 nitrogen and oxygen atoms in total. The molecule has 0 saturated heterocycles. The zero-order chi connectivity index (χ0) is 15.2. The molecule has 0 spiro atoms. The van der Waals surface area contributed by atoms with E-state index in [1.165, 1.54) is 12.1 Å². The molecule has 0 fully saturated rings. The van der Waals surface area contributed by atoms with Crippen LogP contribution in [0.2, 0.25) is 0 Å². The second-order valence-electron chi connectivity index (χ2n) is 4.85. The third kappa shape index (κ3) is 3.68. The Hall–Kier alpha value is -2.17. The lowest BCUT2D eigenvalue weighted by Gasteiger charge is -2.12. The number of ether oxygens (including phenoxy) is 1. The van der Waals surface area contributed by atoms with Gasteiger partial charge in [-0.2, -0.15) is 5.10 Å². The third-order valence-corrected chi connectivity index (χ3v) is 3.45. The van der Waals surface area contributed by atoms with E-state index >= 15 is 0 Å². The van der Waals surface area contributed by atoms with E-state index in [4.69, 9.17) is 4.74 Å². The second-order valence-corrected chi connectivity index (χ2v) is 4.85. The maximum Gasteiger partial charge on any atom is 0.153 e. The topological polar surface area (TPSA) is 44.1 Å². The van der Waals surface area contributed by atoms with E-state index < -0.39 is 5.82 Å². The maximum absolute atomic E-state index is 13.0. The van der Waals surface area contributed by atoms with Crippen molar-refractivity contribution < 1.29 is 13.9 Å². The van der Waals surface area contributed by atoms with Gasteiger partial charge in [0.15, 0.2) is 6.29 Å². The average Bonchev–Trinajstić information content (AvgIpc) is 2.96. The first-order valence-electron chi connectivity index (χ1n) is 7.09. The van der Waals surface area contributed by atoms with Gasteiger partial charge in [0, 0.05) is 6.20 Å². The standard InChI is InChI=1S/C16H19FN2O2/c1-3-15(4-2)19-8-7-14(18-19)11-21-16-6-5-13(17)9-12(16)10-20/h5-10,15H,3-4,11H2,1-2H3. The fourth-order valence-electron chi connectivity index (χ4n) is 2.22. The lowest BCUT2D eigenvalue weighted by molar-refractivity contribution is 0.111. The van der Waals surface area contributed by atoms with Gasteiger partial charge in [-0.15, -0.1) is 0 Å². The molecule has 0 aliphatic heterocycles. The first-order valence-corrected chi connectivity index (χ1v) is 7.09. The fourth-order valence-corrected chi connectivity index (χ4v) is 2.22. The molecule has 0 N–H and O–H groups in total. The molecule has 21 heavy (non-hydrogen) atoms. The third-order valence-electron chi connectivity index (χ3n) is 3.45. The Balaban J connectivity index is 2.05. The van der Waals surface area contributed by atoms with Gasteiger partial charge in [-0.25, -0.2) is 4.39 Å². The van der Waals surface area contributed by atoms with Crippen molar-refractivity contribution in [2.45, 2.75) is 39.3 Å². The predicted octanol–water partition coefficient (Wildman–Crippen LogP) is 3.77. The normalized spacial score (nSPS) is 10.9. The van der Waals surface area contributed by atoms with Gasteiger partial charge in [-0.3, -0.25) is 9.48 Å². The summed E-state index contributed by atoms with van der Waals surface area (Å²) in [5.41, 5.74) is 0.984. The van der Waals surface area contributed by atoms with Crippen molar-refractivity contribution in [3.63, 3.8) is 0 Å². The molecule has 0 atom stereocenters. The molecule has 5 heteroatoms. The smallest absolute Gasteiger partial charge is 0.153 e. The zero-order valence-corrected chi connectivity index (χ0v) is 12.3. The Morgan fingerprint density at radius 2 is 2.10 bits per heavy atom. The number of hydrogen-bond acceptors (Lipinski definition) is 3. The van der Waals surface area contributed by atoms with Gasteiger partial charge in [0.05, 0.1) is 17.3 Å². The van der Waals surface area contributed by atoms with Gasteiger partial charge in [0.1, 0.15) is 18.2 Å². The zero-order valence-electron chi connectivity index (χ0n) is 12.3. The number of aromatic nitrogens is 2. The van der Waals surface area contributed by atoms with Crippen molar-refractivity contribution in [3.8, 4) is 5.75 Å². The molecule has 0 aliphatic carbocycles. The summed E-state index contributed by atoms with van der Waals surface area (Å²) in [7, 11) is 0. The van der Waals surface area contributed by atoms with E-state index in [2.05, 4.69) is 18.9 Å². The molecule has 2 aromatic rings. The monoisotopic (exact) mass is 290 g/mol. The number of carbonyl (C=O) groups excluding carboxylic acids is 1. The van der Waals surface area contributed by atoms with Crippen LogP contribution in [0.4, 0.5) is 4.39 Å². The minimum Gasteiger partial charge on any atom is -0.486 e. The molecule has 1 aromatic heterocycles.